The quantitative estimate of drug-likeness (QED) is 0.550. The van der Waals surface area contributed by atoms with Crippen LogP contribution in [0.1, 0.15) is 29.8 Å². The van der Waals surface area contributed by atoms with Crippen LogP contribution in [0.25, 0.3) is 11.0 Å². The highest BCUT2D eigenvalue weighted by Gasteiger charge is 2.38. The summed E-state index contributed by atoms with van der Waals surface area (Å²) < 4.78 is 24.7. The average Bonchev–Trinajstić information content (AvgIpc) is 3.19. The first-order valence-corrected chi connectivity index (χ1v) is 10.7. The van der Waals surface area contributed by atoms with Crippen molar-refractivity contribution in [1.29, 1.82) is 0 Å². The zero-order valence-corrected chi connectivity index (χ0v) is 17.8. The molecule has 2 aromatic carbocycles. The van der Waals surface area contributed by atoms with Crippen molar-refractivity contribution in [2.45, 2.75) is 37.4 Å². The molecule has 1 aliphatic carbocycles. The van der Waals surface area contributed by atoms with Gasteiger partial charge in [0.2, 0.25) is 0 Å². The Morgan fingerprint density at radius 1 is 1.06 bits per heavy atom. The molecule has 1 saturated heterocycles. The van der Waals surface area contributed by atoms with Crippen LogP contribution in [0.5, 0.6) is 17.4 Å². The van der Waals surface area contributed by atoms with Gasteiger partial charge in [-0.1, -0.05) is 12.1 Å². The van der Waals surface area contributed by atoms with E-state index >= 15 is 0 Å². The molecule has 170 valence electrons. The summed E-state index contributed by atoms with van der Waals surface area (Å²) in [6.45, 7) is 0. The monoisotopic (exact) mass is 451 g/mol. The number of hydrogen-bond acceptors (Lipinski definition) is 6. The van der Waals surface area contributed by atoms with E-state index in [2.05, 4.69) is 25.9 Å². The number of ether oxygens (including phenoxy) is 2. The van der Waals surface area contributed by atoms with Crippen molar-refractivity contribution < 1.29 is 23.5 Å². The minimum atomic E-state index is -0.481. The summed E-state index contributed by atoms with van der Waals surface area (Å²) in [4.78, 5) is 33.8. The van der Waals surface area contributed by atoms with Crippen LogP contribution in [-0.2, 0) is 0 Å². The van der Waals surface area contributed by atoms with Crippen molar-refractivity contribution >= 4 is 23.0 Å². The third-order valence-electron chi connectivity index (χ3n) is 5.90. The average molecular weight is 451 g/mol. The van der Waals surface area contributed by atoms with Gasteiger partial charge in [-0.15, -0.1) is 0 Å². The highest BCUT2D eigenvalue weighted by atomic mass is 19.1. The molecule has 3 aromatic rings. The SMILES string of the molecule is COc1cc(F)ccc1Oc1nc2ccccc2nc1C(=O)NC1CCC2NC(=O)NC2C1. The van der Waals surface area contributed by atoms with E-state index in [9.17, 15) is 14.0 Å². The van der Waals surface area contributed by atoms with Crippen molar-refractivity contribution in [2.75, 3.05) is 7.11 Å². The molecule has 3 unspecified atom stereocenters. The maximum absolute atomic E-state index is 13.6. The molecule has 33 heavy (non-hydrogen) atoms. The molecular formula is C23H22FN5O4. The topological polar surface area (TPSA) is 114 Å². The first-order valence-electron chi connectivity index (χ1n) is 10.7. The molecule has 1 aromatic heterocycles. The van der Waals surface area contributed by atoms with E-state index in [1.165, 1.54) is 25.3 Å². The van der Waals surface area contributed by atoms with Gasteiger partial charge in [-0.3, -0.25) is 4.79 Å². The lowest BCUT2D eigenvalue weighted by molar-refractivity contribution is 0.0914. The van der Waals surface area contributed by atoms with Crippen LogP contribution < -0.4 is 25.4 Å². The Hall–Kier alpha value is -3.95. The Morgan fingerprint density at radius 2 is 1.82 bits per heavy atom. The smallest absolute Gasteiger partial charge is 0.315 e. The van der Waals surface area contributed by atoms with Gasteiger partial charge in [0.25, 0.3) is 11.8 Å². The second-order valence-electron chi connectivity index (χ2n) is 8.08. The maximum Gasteiger partial charge on any atom is 0.315 e. The molecule has 2 heterocycles. The summed E-state index contributed by atoms with van der Waals surface area (Å²) in [7, 11) is 1.40. The molecule has 2 aliphatic rings. The number of benzene rings is 2. The minimum Gasteiger partial charge on any atom is -0.493 e. The molecule has 1 aliphatic heterocycles. The second-order valence-corrected chi connectivity index (χ2v) is 8.08. The Bertz CT molecular complexity index is 1240. The zero-order chi connectivity index (χ0) is 22.9. The molecule has 3 N–H and O–H groups in total. The standard InChI is InChI=1S/C23H22FN5O4/c1-32-19-10-12(24)6-9-18(19)33-22-20(26-14-4-2-3-5-15(14)27-22)21(30)25-13-7-8-16-17(11-13)29-23(31)28-16/h2-6,9-10,13,16-17H,7-8,11H2,1H3,(H,25,30)(H2,28,29,31). The molecule has 5 rings (SSSR count). The molecular weight excluding hydrogens is 429 g/mol. The number of amides is 3. The number of aromatic nitrogens is 2. The van der Waals surface area contributed by atoms with Gasteiger partial charge in [-0.2, -0.15) is 0 Å². The minimum absolute atomic E-state index is 0.00999. The number of nitrogens with one attached hydrogen (secondary N) is 3. The van der Waals surface area contributed by atoms with Gasteiger partial charge < -0.3 is 25.4 Å². The number of rotatable bonds is 5. The molecule has 0 radical (unpaired) electrons. The van der Waals surface area contributed by atoms with E-state index in [-0.39, 0.29) is 47.2 Å². The summed E-state index contributed by atoms with van der Waals surface area (Å²) in [5.74, 6) is -0.562. The molecule has 0 bridgehead atoms. The molecule has 10 heteroatoms. The number of carbonyl (C=O) groups excluding carboxylic acids is 2. The normalized spacial score (nSPS) is 21.6. The van der Waals surface area contributed by atoms with E-state index in [0.29, 0.717) is 17.5 Å². The van der Waals surface area contributed by atoms with Crippen molar-refractivity contribution in [3.05, 3.63) is 54.0 Å². The summed E-state index contributed by atoms with van der Waals surface area (Å²) in [5, 5.41) is 8.77. The summed E-state index contributed by atoms with van der Waals surface area (Å²) >= 11 is 0. The predicted molar refractivity (Wildman–Crippen MR) is 117 cm³/mol. The third-order valence-corrected chi connectivity index (χ3v) is 5.90. The molecule has 3 amide bonds. The number of carbonyl (C=O) groups is 2. The van der Waals surface area contributed by atoms with Gasteiger partial charge in [0.05, 0.1) is 30.2 Å². The van der Waals surface area contributed by atoms with E-state index in [1.54, 1.807) is 24.3 Å². The summed E-state index contributed by atoms with van der Waals surface area (Å²) in [6, 6.07) is 10.7. The van der Waals surface area contributed by atoms with Crippen LogP contribution in [0.4, 0.5) is 9.18 Å². The highest BCUT2D eigenvalue weighted by Crippen LogP contribution is 2.33. The largest absolute Gasteiger partial charge is 0.493 e. The number of fused-ring (bicyclic) bond motifs is 2. The molecule has 1 saturated carbocycles. The second kappa shape index (κ2) is 8.53. The van der Waals surface area contributed by atoms with Crippen molar-refractivity contribution in [3.8, 4) is 17.4 Å². The number of nitrogens with zero attached hydrogens (tertiary/aromatic N) is 2. The highest BCUT2D eigenvalue weighted by molar-refractivity contribution is 5.96. The fourth-order valence-corrected chi connectivity index (χ4v) is 4.30. The van der Waals surface area contributed by atoms with Crippen molar-refractivity contribution in [1.82, 2.24) is 25.9 Å². The van der Waals surface area contributed by atoms with E-state index in [0.717, 1.165) is 12.8 Å². The molecule has 0 spiro atoms. The Balaban J connectivity index is 1.44. The van der Waals surface area contributed by atoms with Crippen LogP contribution in [-0.4, -0.2) is 47.1 Å². The van der Waals surface area contributed by atoms with Crippen LogP contribution in [0, 0.1) is 5.82 Å². The van der Waals surface area contributed by atoms with Crippen LogP contribution >= 0.6 is 0 Å². The Kier molecular flexibility index (Phi) is 5.41. The number of methoxy groups -OCH3 is 1. The van der Waals surface area contributed by atoms with Crippen LogP contribution in [0.2, 0.25) is 0 Å². The van der Waals surface area contributed by atoms with E-state index in [1.807, 2.05) is 0 Å². The molecule has 2 fully saturated rings. The van der Waals surface area contributed by atoms with Crippen molar-refractivity contribution in [3.63, 3.8) is 0 Å². The van der Waals surface area contributed by atoms with Gasteiger partial charge in [0, 0.05) is 12.1 Å². The van der Waals surface area contributed by atoms with Gasteiger partial charge in [0.1, 0.15) is 5.82 Å². The van der Waals surface area contributed by atoms with Gasteiger partial charge >= 0.3 is 6.03 Å². The van der Waals surface area contributed by atoms with Gasteiger partial charge in [-0.05, 0) is 43.5 Å². The fraction of sp³-hybridized carbons (Fsp3) is 0.304. The number of hydrogen-bond donors (Lipinski definition) is 3. The zero-order valence-electron chi connectivity index (χ0n) is 17.8. The lowest BCUT2D eigenvalue weighted by atomic mass is 9.88. The molecule has 9 nitrogen and oxygen atoms in total. The lowest BCUT2D eigenvalue weighted by Gasteiger charge is -2.31. The van der Waals surface area contributed by atoms with Gasteiger partial charge in [0.15, 0.2) is 17.2 Å². The summed E-state index contributed by atoms with van der Waals surface area (Å²) in [6.07, 6.45) is 2.09. The predicted octanol–water partition coefficient (Wildman–Crippen LogP) is 2.90. The van der Waals surface area contributed by atoms with Crippen LogP contribution in [0.3, 0.4) is 0 Å². The number of para-hydroxylation sites is 2. The van der Waals surface area contributed by atoms with Crippen molar-refractivity contribution in [2.24, 2.45) is 0 Å². The van der Waals surface area contributed by atoms with Gasteiger partial charge in [-0.25, -0.2) is 19.2 Å². The fourth-order valence-electron chi connectivity index (χ4n) is 4.30. The Morgan fingerprint density at radius 3 is 2.61 bits per heavy atom. The number of halogens is 1. The first-order chi connectivity index (χ1) is 16.0. The third kappa shape index (κ3) is 4.23. The van der Waals surface area contributed by atoms with Crippen LogP contribution in [0.15, 0.2) is 42.5 Å². The van der Waals surface area contributed by atoms with E-state index in [4.69, 9.17) is 9.47 Å². The maximum atomic E-state index is 13.6. The number of urea groups is 1. The molecule has 3 atom stereocenters. The summed E-state index contributed by atoms with van der Waals surface area (Å²) in [5.41, 5.74) is 1.10. The lowest BCUT2D eigenvalue weighted by Crippen LogP contribution is -2.48. The van der Waals surface area contributed by atoms with E-state index < -0.39 is 11.7 Å². The first kappa shape index (κ1) is 20.9. The Labute approximate surface area is 188 Å².